The van der Waals surface area contributed by atoms with Crippen molar-refractivity contribution in [3.63, 3.8) is 0 Å². The standard InChI is InChI=1S/C12H10FN3/c1-7-15-11(12(13)16-7)9-2-3-10-8(6-9)4-5-14-10/h2-6,14H,1H3,(H,15,16). The Morgan fingerprint density at radius 2 is 2.12 bits per heavy atom. The molecular weight excluding hydrogens is 205 g/mol. The molecule has 3 nitrogen and oxygen atoms in total. The van der Waals surface area contributed by atoms with E-state index in [0.717, 1.165) is 16.5 Å². The van der Waals surface area contributed by atoms with Crippen molar-refractivity contribution in [1.82, 2.24) is 15.0 Å². The topological polar surface area (TPSA) is 44.5 Å². The van der Waals surface area contributed by atoms with Crippen molar-refractivity contribution in [1.29, 1.82) is 0 Å². The SMILES string of the molecule is Cc1nc(-c2ccc3[nH]ccc3c2)c(F)[nH]1. The highest BCUT2D eigenvalue weighted by Gasteiger charge is 2.10. The summed E-state index contributed by atoms with van der Waals surface area (Å²) < 4.78 is 13.5. The second-order valence-electron chi connectivity index (χ2n) is 3.76. The van der Waals surface area contributed by atoms with Crippen LogP contribution >= 0.6 is 0 Å². The minimum Gasteiger partial charge on any atom is -0.361 e. The number of fused-ring (bicyclic) bond motifs is 1. The summed E-state index contributed by atoms with van der Waals surface area (Å²) in [5.74, 6) is 0.203. The molecule has 3 aromatic rings. The molecule has 0 spiro atoms. The van der Waals surface area contributed by atoms with E-state index in [2.05, 4.69) is 15.0 Å². The predicted octanol–water partition coefficient (Wildman–Crippen LogP) is 3.01. The third-order valence-electron chi connectivity index (χ3n) is 2.60. The maximum atomic E-state index is 13.5. The van der Waals surface area contributed by atoms with E-state index in [4.69, 9.17) is 0 Å². The van der Waals surface area contributed by atoms with Crippen LogP contribution in [-0.2, 0) is 0 Å². The third-order valence-corrected chi connectivity index (χ3v) is 2.60. The third kappa shape index (κ3) is 1.31. The second kappa shape index (κ2) is 3.20. The van der Waals surface area contributed by atoms with Gasteiger partial charge in [-0.05, 0) is 25.1 Å². The van der Waals surface area contributed by atoms with Crippen molar-refractivity contribution in [3.8, 4) is 11.3 Å². The first-order valence-electron chi connectivity index (χ1n) is 5.03. The maximum Gasteiger partial charge on any atom is 0.218 e. The lowest BCUT2D eigenvalue weighted by atomic mass is 10.1. The molecular formula is C12H10FN3. The summed E-state index contributed by atoms with van der Waals surface area (Å²) in [7, 11) is 0. The molecule has 0 aliphatic carbocycles. The molecule has 0 saturated carbocycles. The maximum absolute atomic E-state index is 13.5. The quantitative estimate of drug-likeness (QED) is 0.644. The summed E-state index contributed by atoms with van der Waals surface area (Å²) >= 11 is 0. The van der Waals surface area contributed by atoms with Gasteiger partial charge in [0.2, 0.25) is 5.95 Å². The lowest BCUT2D eigenvalue weighted by molar-refractivity contribution is 0.592. The summed E-state index contributed by atoms with van der Waals surface area (Å²) in [5, 5.41) is 1.05. The Morgan fingerprint density at radius 3 is 2.88 bits per heavy atom. The molecule has 1 aromatic carbocycles. The minimum atomic E-state index is -0.382. The molecule has 0 unspecified atom stereocenters. The van der Waals surface area contributed by atoms with Gasteiger partial charge in [0, 0.05) is 22.7 Å². The first-order chi connectivity index (χ1) is 7.74. The van der Waals surface area contributed by atoms with Crippen LogP contribution in [0.2, 0.25) is 0 Å². The number of aromatic nitrogens is 3. The number of hydrogen-bond donors (Lipinski definition) is 2. The lowest BCUT2D eigenvalue weighted by Crippen LogP contribution is -1.82. The summed E-state index contributed by atoms with van der Waals surface area (Å²) in [6.07, 6.45) is 1.86. The molecule has 0 aliphatic rings. The zero-order valence-corrected chi connectivity index (χ0v) is 8.71. The number of hydrogen-bond acceptors (Lipinski definition) is 1. The van der Waals surface area contributed by atoms with Crippen molar-refractivity contribution < 1.29 is 4.39 Å². The fraction of sp³-hybridized carbons (Fsp3) is 0.0833. The van der Waals surface area contributed by atoms with Gasteiger partial charge in [0.25, 0.3) is 0 Å². The number of aryl methyl sites for hydroxylation is 1. The zero-order chi connectivity index (χ0) is 11.1. The van der Waals surface area contributed by atoms with Crippen molar-refractivity contribution in [2.75, 3.05) is 0 Å². The number of benzene rings is 1. The van der Waals surface area contributed by atoms with Crippen molar-refractivity contribution in [2.45, 2.75) is 6.92 Å². The van der Waals surface area contributed by atoms with E-state index in [1.165, 1.54) is 0 Å². The van der Waals surface area contributed by atoms with Crippen LogP contribution in [0.1, 0.15) is 5.82 Å². The van der Waals surface area contributed by atoms with Gasteiger partial charge in [-0.2, -0.15) is 4.39 Å². The fourth-order valence-corrected chi connectivity index (χ4v) is 1.85. The van der Waals surface area contributed by atoms with Crippen LogP contribution in [0.25, 0.3) is 22.2 Å². The molecule has 2 aromatic heterocycles. The number of nitrogens with zero attached hydrogens (tertiary/aromatic N) is 1. The van der Waals surface area contributed by atoms with Crippen LogP contribution in [0.3, 0.4) is 0 Å². The summed E-state index contributed by atoms with van der Waals surface area (Å²) in [6.45, 7) is 1.74. The van der Waals surface area contributed by atoms with Crippen LogP contribution in [0, 0.1) is 12.9 Å². The van der Waals surface area contributed by atoms with Gasteiger partial charge in [0.15, 0.2) is 0 Å². The van der Waals surface area contributed by atoms with Gasteiger partial charge >= 0.3 is 0 Å². The first kappa shape index (κ1) is 9.15. The monoisotopic (exact) mass is 215 g/mol. The van der Waals surface area contributed by atoms with Crippen LogP contribution in [-0.4, -0.2) is 15.0 Å². The molecule has 2 N–H and O–H groups in total. The van der Waals surface area contributed by atoms with Crippen LogP contribution in [0.5, 0.6) is 0 Å². The molecule has 16 heavy (non-hydrogen) atoms. The van der Waals surface area contributed by atoms with Crippen LogP contribution in [0.15, 0.2) is 30.5 Å². The summed E-state index contributed by atoms with van der Waals surface area (Å²) in [6, 6.07) is 7.66. The highest BCUT2D eigenvalue weighted by molar-refractivity contribution is 5.84. The Bertz CT molecular complexity index is 651. The second-order valence-corrected chi connectivity index (χ2v) is 3.76. The lowest BCUT2D eigenvalue weighted by Gasteiger charge is -1.97. The largest absolute Gasteiger partial charge is 0.361 e. The Hall–Kier alpha value is -2.10. The van der Waals surface area contributed by atoms with E-state index in [0.29, 0.717) is 11.5 Å². The fourth-order valence-electron chi connectivity index (χ4n) is 1.85. The van der Waals surface area contributed by atoms with Gasteiger partial charge in [-0.3, -0.25) is 0 Å². The number of nitrogens with one attached hydrogen (secondary N) is 2. The highest BCUT2D eigenvalue weighted by atomic mass is 19.1. The van der Waals surface area contributed by atoms with Gasteiger partial charge in [-0.1, -0.05) is 6.07 Å². The van der Waals surface area contributed by atoms with Gasteiger partial charge in [0.05, 0.1) is 0 Å². The molecule has 0 atom stereocenters. The Kier molecular flexibility index (Phi) is 1.83. The Morgan fingerprint density at radius 1 is 1.25 bits per heavy atom. The normalized spacial score (nSPS) is 11.1. The zero-order valence-electron chi connectivity index (χ0n) is 8.71. The van der Waals surface area contributed by atoms with E-state index in [9.17, 15) is 4.39 Å². The first-order valence-corrected chi connectivity index (χ1v) is 5.03. The van der Waals surface area contributed by atoms with E-state index >= 15 is 0 Å². The Labute approximate surface area is 91.3 Å². The molecule has 80 valence electrons. The van der Waals surface area contributed by atoms with Crippen molar-refractivity contribution in [3.05, 3.63) is 42.2 Å². The number of rotatable bonds is 1. The molecule has 0 saturated heterocycles. The molecule has 0 fully saturated rings. The van der Waals surface area contributed by atoms with Gasteiger partial charge in [-0.15, -0.1) is 0 Å². The van der Waals surface area contributed by atoms with E-state index in [-0.39, 0.29) is 5.95 Å². The van der Waals surface area contributed by atoms with Gasteiger partial charge < -0.3 is 9.97 Å². The predicted molar refractivity (Wildman–Crippen MR) is 60.6 cm³/mol. The summed E-state index contributed by atoms with van der Waals surface area (Å²) in [4.78, 5) is 9.79. The average molecular weight is 215 g/mol. The van der Waals surface area contributed by atoms with Gasteiger partial charge in [-0.25, -0.2) is 4.98 Å². The average Bonchev–Trinajstić information content (AvgIpc) is 2.83. The van der Waals surface area contributed by atoms with Crippen LogP contribution < -0.4 is 0 Å². The van der Waals surface area contributed by atoms with E-state index < -0.39 is 0 Å². The highest BCUT2D eigenvalue weighted by Crippen LogP contribution is 2.24. The Balaban J connectivity index is 2.21. The number of halogens is 1. The van der Waals surface area contributed by atoms with E-state index in [1.54, 1.807) is 6.92 Å². The number of imidazole rings is 1. The van der Waals surface area contributed by atoms with Crippen molar-refractivity contribution >= 4 is 10.9 Å². The van der Waals surface area contributed by atoms with E-state index in [1.807, 2.05) is 30.5 Å². The smallest absolute Gasteiger partial charge is 0.218 e. The molecule has 3 rings (SSSR count). The molecule has 0 radical (unpaired) electrons. The number of aromatic amines is 2. The molecule has 0 bridgehead atoms. The van der Waals surface area contributed by atoms with Crippen molar-refractivity contribution in [2.24, 2.45) is 0 Å². The van der Waals surface area contributed by atoms with Crippen LogP contribution in [0.4, 0.5) is 4.39 Å². The minimum absolute atomic E-state index is 0.376. The number of H-pyrrole nitrogens is 2. The molecule has 4 heteroatoms. The van der Waals surface area contributed by atoms with Gasteiger partial charge in [0.1, 0.15) is 11.5 Å². The molecule has 2 heterocycles. The molecule has 0 aliphatic heterocycles. The molecule has 0 amide bonds. The summed E-state index contributed by atoms with van der Waals surface area (Å²) in [5.41, 5.74) is 2.20.